The fraction of sp³-hybridized carbons (Fsp3) is 0.500. The van der Waals surface area contributed by atoms with Gasteiger partial charge in [0.25, 0.3) is 0 Å². The van der Waals surface area contributed by atoms with E-state index < -0.39 is 0 Å². The van der Waals surface area contributed by atoms with Crippen molar-refractivity contribution >= 4 is 22.6 Å². The summed E-state index contributed by atoms with van der Waals surface area (Å²) in [7, 11) is 0. The summed E-state index contributed by atoms with van der Waals surface area (Å²) in [6.45, 7) is 6.29. The fourth-order valence-electron chi connectivity index (χ4n) is 0.842. The first-order valence-corrected chi connectivity index (χ1v) is 4.77. The third-order valence-corrected chi connectivity index (χ3v) is 2.39. The summed E-state index contributed by atoms with van der Waals surface area (Å²) in [5.74, 6) is 0. The Kier molecular flexibility index (Phi) is 2.92. The monoisotopic (exact) mass is 263 g/mol. The number of halogens is 1. The molecule has 1 rings (SSSR count). The maximum Gasteiger partial charge on any atom is 0.126 e. The highest BCUT2D eigenvalue weighted by molar-refractivity contribution is 14.1. The number of rotatable bonds is 2. The van der Waals surface area contributed by atoms with Gasteiger partial charge in [0.15, 0.2) is 0 Å². The molecule has 0 atom stereocenters. The van der Waals surface area contributed by atoms with E-state index in [9.17, 15) is 0 Å². The lowest BCUT2D eigenvalue weighted by Gasteiger charge is -2.02. The van der Waals surface area contributed by atoms with Crippen molar-refractivity contribution in [3.63, 3.8) is 0 Å². The Morgan fingerprint density at radius 3 is 2.55 bits per heavy atom. The van der Waals surface area contributed by atoms with Crippen molar-refractivity contribution < 1.29 is 0 Å². The molecule has 0 saturated carbocycles. The summed E-state index contributed by atoms with van der Waals surface area (Å²) in [6, 6.07) is 0.456. The molecule has 0 fully saturated rings. The Bertz CT molecular complexity index is 240. The molecule has 0 aromatic carbocycles. The second kappa shape index (κ2) is 3.56. The van der Waals surface area contributed by atoms with Gasteiger partial charge in [0.2, 0.25) is 0 Å². The van der Waals surface area contributed by atoms with Gasteiger partial charge in [-0.2, -0.15) is 5.10 Å². The molecule has 0 spiro atoms. The van der Waals surface area contributed by atoms with Crippen molar-refractivity contribution in [1.29, 1.82) is 0 Å². The highest BCUT2D eigenvalue weighted by Crippen LogP contribution is 2.14. The van der Waals surface area contributed by atoms with Gasteiger partial charge in [-0.1, -0.05) is 6.92 Å². The normalized spacial score (nSPS) is 11.0. The highest BCUT2D eigenvalue weighted by Gasteiger charge is 2.05. The van der Waals surface area contributed by atoms with Gasteiger partial charge in [-0.3, -0.25) is 4.68 Å². The largest absolute Gasteiger partial charge is 0.269 e. The van der Waals surface area contributed by atoms with Crippen LogP contribution in [0, 0.1) is 10.1 Å². The van der Waals surface area contributed by atoms with Crippen LogP contribution < -0.4 is 0 Å². The van der Waals surface area contributed by atoms with E-state index in [0.29, 0.717) is 6.04 Å². The Morgan fingerprint density at radius 1 is 1.64 bits per heavy atom. The van der Waals surface area contributed by atoms with E-state index in [0.717, 1.165) is 3.70 Å². The number of aromatic nitrogens is 2. The van der Waals surface area contributed by atoms with Crippen molar-refractivity contribution in [3.8, 4) is 0 Å². The van der Waals surface area contributed by atoms with Crippen LogP contribution in [0.1, 0.15) is 32.4 Å². The van der Waals surface area contributed by atoms with E-state index in [2.05, 4.69) is 54.2 Å². The first-order chi connectivity index (χ1) is 5.15. The second-order valence-electron chi connectivity index (χ2n) is 2.74. The molecule has 0 aliphatic rings. The molecule has 0 unspecified atom stereocenters. The molecule has 61 valence electrons. The Labute approximate surface area is 81.1 Å². The molecule has 1 radical (unpaired) electrons. The minimum absolute atomic E-state index is 0.456. The summed E-state index contributed by atoms with van der Waals surface area (Å²) in [4.78, 5) is 0. The molecular formula is C8H12IN2. The van der Waals surface area contributed by atoms with Gasteiger partial charge in [-0.05, 0) is 42.9 Å². The molecular weight excluding hydrogens is 251 g/mol. The highest BCUT2D eigenvalue weighted by atomic mass is 127. The molecule has 1 heterocycles. The average Bonchev–Trinajstić information content (AvgIpc) is 2.31. The molecule has 0 saturated heterocycles. The van der Waals surface area contributed by atoms with Crippen LogP contribution in [0.2, 0.25) is 0 Å². The zero-order valence-electron chi connectivity index (χ0n) is 7.00. The third kappa shape index (κ3) is 1.95. The van der Waals surface area contributed by atoms with Crippen LogP contribution in [0.15, 0.2) is 6.20 Å². The van der Waals surface area contributed by atoms with Crippen LogP contribution in [-0.4, -0.2) is 9.78 Å². The SMILES string of the molecule is C[CH]c1cn(C(C)C)nc1I. The first kappa shape index (κ1) is 9.03. The van der Waals surface area contributed by atoms with Crippen molar-refractivity contribution in [2.75, 3.05) is 0 Å². The smallest absolute Gasteiger partial charge is 0.126 e. The van der Waals surface area contributed by atoms with Gasteiger partial charge < -0.3 is 0 Å². The van der Waals surface area contributed by atoms with Crippen LogP contribution in [-0.2, 0) is 0 Å². The number of hydrogen-bond donors (Lipinski definition) is 0. The summed E-state index contributed by atoms with van der Waals surface area (Å²) in [5.41, 5.74) is 1.22. The van der Waals surface area contributed by atoms with Crippen molar-refractivity contribution in [3.05, 3.63) is 21.9 Å². The summed E-state index contributed by atoms with van der Waals surface area (Å²) >= 11 is 2.25. The van der Waals surface area contributed by atoms with Crippen LogP contribution in [0.5, 0.6) is 0 Å². The molecule has 0 aliphatic heterocycles. The van der Waals surface area contributed by atoms with Crippen LogP contribution in [0.4, 0.5) is 0 Å². The van der Waals surface area contributed by atoms with Gasteiger partial charge >= 0.3 is 0 Å². The third-order valence-electron chi connectivity index (χ3n) is 1.55. The molecule has 0 aliphatic carbocycles. The molecule has 3 heteroatoms. The van der Waals surface area contributed by atoms with E-state index in [1.165, 1.54) is 5.56 Å². The van der Waals surface area contributed by atoms with Gasteiger partial charge in [-0.25, -0.2) is 0 Å². The standard InChI is InChI=1S/C8H12IN2/c1-4-7-5-11(6(2)3)10-8(7)9/h4-6H,1-3H3. The number of hydrogen-bond acceptors (Lipinski definition) is 1. The maximum atomic E-state index is 4.35. The van der Waals surface area contributed by atoms with Crippen molar-refractivity contribution in [1.82, 2.24) is 9.78 Å². The summed E-state index contributed by atoms with van der Waals surface area (Å²) in [6.07, 6.45) is 4.15. The van der Waals surface area contributed by atoms with E-state index in [1.807, 2.05) is 11.6 Å². The Balaban J connectivity index is 2.95. The molecule has 1 aromatic heterocycles. The van der Waals surface area contributed by atoms with Gasteiger partial charge in [-0.15, -0.1) is 0 Å². The predicted octanol–water partition coefficient (Wildman–Crippen LogP) is 2.64. The molecule has 0 bridgehead atoms. The topological polar surface area (TPSA) is 17.8 Å². The maximum absolute atomic E-state index is 4.35. The van der Waals surface area contributed by atoms with Crippen LogP contribution >= 0.6 is 22.6 Å². The van der Waals surface area contributed by atoms with Crippen LogP contribution in [0.25, 0.3) is 0 Å². The van der Waals surface area contributed by atoms with Gasteiger partial charge in [0, 0.05) is 17.8 Å². The summed E-state index contributed by atoms with van der Waals surface area (Å²) < 4.78 is 3.07. The van der Waals surface area contributed by atoms with Gasteiger partial charge in [0.05, 0.1) is 0 Å². The first-order valence-electron chi connectivity index (χ1n) is 3.69. The lowest BCUT2D eigenvalue weighted by molar-refractivity contribution is 0.529. The molecule has 0 N–H and O–H groups in total. The van der Waals surface area contributed by atoms with Crippen LogP contribution in [0.3, 0.4) is 0 Å². The number of nitrogens with zero attached hydrogens (tertiary/aromatic N) is 2. The van der Waals surface area contributed by atoms with Gasteiger partial charge in [0.1, 0.15) is 3.70 Å². The van der Waals surface area contributed by atoms with E-state index >= 15 is 0 Å². The van der Waals surface area contributed by atoms with E-state index in [4.69, 9.17) is 0 Å². The minimum atomic E-state index is 0.456. The van der Waals surface area contributed by atoms with Crippen molar-refractivity contribution in [2.45, 2.75) is 26.8 Å². The van der Waals surface area contributed by atoms with E-state index in [-0.39, 0.29) is 0 Å². The fourth-order valence-corrected chi connectivity index (χ4v) is 1.54. The van der Waals surface area contributed by atoms with E-state index in [1.54, 1.807) is 0 Å². The Hall–Kier alpha value is -0.0600. The lowest BCUT2D eigenvalue weighted by Crippen LogP contribution is -2.00. The second-order valence-corrected chi connectivity index (χ2v) is 3.76. The van der Waals surface area contributed by atoms with Crippen molar-refractivity contribution in [2.24, 2.45) is 0 Å². The lowest BCUT2D eigenvalue weighted by atomic mass is 10.3. The average molecular weight is 263 g/mol. The summed E-state index contributed by atoms with van der Waals surface area (Å²) in [5, 5.41) is 4.35. The Morgan fingerprint density at radius 2 is 2.27 bits per heavy atom. The molecule has 1 aromatic rings. The minimum Gasteiger partial charge on any atom is -0.269 e. The molecule has 2 nitrogen and oxygen atoms in total. The zero-order chi connectivity index (χ0) is 8.43. The zero-order valence-corrected chi connectivity index (χ0v) is 9.16. The quantitative estimate of drug-likeness (QED) is 0.750. The predicted molar refractivity (Wildman–Crippen MR) is 54.4 cm³/mol. The molecule has 0 amide bonds. The molecule has 11 heavy (non-hydrogen) atoms.